The van der Waals surface area contributed by atoms with Gasteiger partial charge >= 0.3 is 0 Å². The van der Waals surface area contributed by atoms with Gasteiger partial charge in [-0.2, -0.15) is 0 Å². The molecule has 0 bridgehead atoms. The standard InChI is InChI=1S/C14H20ClFN2/c1-14(2,16)10-5-6-13(12(15)8-10)18-9-11-4-3-7-17-11/h5-6,8,11,17-18H,3-4,7,9H2,1-2H3. The fraction of sp³-hybridized carbons (Fsp3) is 0.571. The third-order valence-corrected chi connectivity index (χ3v) is 3.67. The molecule has 18 heavy (non-hydrogen) atoms. The fourth-order valence-corrected chi connectivity index (χ4v) is 2.44. The summed E-state index contributed by atoms with van der Waals surface area (Å²) in [6.07, 6.45) is 2.43. The van der Waals surface area contributed by atoms with Crippen LogP contribution < -0.4 is 10.6 Å². The lowest BCUT2D eigenvalue weighted by Crippen LogP contribution is -2.29. The van der Waals surface area contributed by atoms with Gasteiger partial charge in [-0.25, -0.2) is 4.39 Å². The van der Waals surface area contributed by atoms with E-state index in [1.807, 2.05) is 6.07 Å². The number of nitrogens with one attached hydrogen (secondary N) is 2. The summed E-state index contributed by atoms with van der Waals surface area (Å²) in [5.74, 6) is 0. The Labute approximate surface area is 113 Å². The highest BCUT2D eigenvalue weighted by Crippen LogP contribution is 2.30. The number of halogens is 2. The van der Waals surface area contributed by atoms with Crippen molar-refractivity contribution < 1.29 is 4.39 Å². The first-order valence-corrected chi connectivity index (χ1v) is 6.81. The lowest BCUT2D eigenvalue weighted by atomic mass is 10.00. The zero-order valence-corrected chi connectivity index (χ0v) is 11.6. The SMILES string of the molecule is CC(C)(F)c1ccc(NCC2CCCN2)c(Cl)c1. The van der Waals surface area contributed by atoms with Crippen LogP contribution in [0.1, 0.15) is 32.3 Å². The molecule has 2 N–H and O–H groups in total. The molecule has 100 valence electrons. The molecule has 0 radical (unpaired) electrons. The molecular weight excluding hydrogens is 251 g/mol. The summed E-state index contributed by atoms with van der Waals surface area (Å²) in [5, 5.41) is 7.31. The van der Waals surface area contributed by atoms with E-state index < -0.39 is 5.67 Å². The molecule has 0 spiro atoms. The van der Waals surface area contributed by atoms with Crippen molar-refractivity contribution in [2.24, 2.45) is 0 Å². The second-order valence-electron chi connectivity index (χ2n) is 5.34. The summed E-state index contributed by atoms with van der Waals surface area (Å²) in [7, 11) is 0. The molecule has 0 aliphatic carbocycles. The van der Waals surface area contributed by atoms with Crippen molar-refractivity contribution in [3.8, 4) is 0 Å². The monoisotopic (exact) mass is 270 g/mol. The number of rotatable bonds is 4. The van der Waals surface area contributed by atoms with Crippen LogP contribution in [-0.2, 0) is 5.67 Å². The number of benzene rings is 1. The molecule has 0 aromatic heterocycles. The summed E-state index contributed by atoms with van der Waals surface area (Å²) >= 11 is 6.17. The molecule has 4 heteroatoms. The van der Waals surface area contributed by atoms with E-state index in [0.717, 1.165) is 18.8 Å². The Morgan fingerprint density at radius 3 is 2.83 bits per heavy atom. The zero-order chi connectivity index (χ0) is 13.2. The molecule has 1 saturated heterocycles. The van der Waals surface area contributed by atoms with Gasteiger partial charge in [0.1, 0.15) is 5.67 Å². The number of anilines is 1. The molecule has 1 atom stereocenters. The average molecular weight is 271 g/mol. The summed E-state index contributed by atoms with van der Waals surface area (Å²) in [6, 6.07) is 5.86. The minimum atomic E-state index is -1.35. The molecule has 1 unspecified atom stereocenters. The van der Waals surface area contributed by atoms with Gasteiger partial charge in [0.05, 0.1) is 10.7 Å². The quantitative estimate of drug-likeness (QED) is 0.872. The number of hydrogen-bond donors (Lipinski definition) is 2. The maximum Gasteiger partial charge on any atom is 0.130 e. The zero-order valence-electron chi connectivity index (χ0n) is 10.9. The van der Waals surface area contributed by atoms with Crippen LogP contribution in [0, 0.1) is 0 Å². The molecule has 1 aromatic rings. The predicted molar refractivity (Wildman–Crippen MR) is 75.1 cm³/mol. The van der Waals surface area contributed by atoms with Crippen LogP contribution >= 0.6 is 11.6 Å². The maximum absolute atomic E-state index is 13.8. The van der Waals surface area contributed by atoms with E-state index >= 15 is 0 Å². The van der Waals surface area contributed by atoms with Crippen LogP contribution in [0.2, 0.25) is 5.02 Å². The Kier molecular flexibility index (Phi) is 4.13. The lowest BCUT2D eigenvalue weighted by Gasteiger charge is -2.18. The van der Waals surface area contributed by atoms with E-state index in [-0.39, 0.29) is 0 Å². The average Bonchev–Trinajstić information content (AvgIpc) is 2.79. The van der Waals surface area contributed by atoms with E-state index in [1.165, 1.54) is 26.7 Å². The maximum atomic E-state index is 13.8. The Morgan fingerprint density at radius 1 is 1.50 bits per heavy atom. The van der Waals surface area contributed by atoms with Gasteiger partial charge in [0.2, 0.25) is 0 Å². The molecule has 0 amide bonds. The summed E-state index contributed by atoms with van der Waals surface area (Å²) in [6.45, 7) is 5.02. The molecule has 2 nitrogen and oxygen atoms in total. The van der Waals surface area contributed by atoms with E-state index in [0.29, 0.717) is 16.6 Å². The highest BCUT2D eigenvalue weighted by Gasteiger charge is 2.20. The van der Waals surface area contributed by atoms with Crippen molar-refractivity contribution >= 4 is 17.3 Å². The van der Waals surface area contributed by atoms with E-state index in [9.17, 15) is 4.39 Å². The van der Waals surface area contributed by atoms with Gasteiger partial charge in [0.25, 0.3) is 0 Å². The number of alkyl halides is 1. The highest BCUT2D eigenvalue weighted by molar-refractivity contribution is 6.33. The molecule has 1 aromatic carbocycles. The molecule has 1 aliphatic rings. The van der Waals surface area contributed by atoms with Gasteiger partial charge in [-0.1, -0.05) is 17.7 Å². The minimum absolute atomic E-state index is 0.512. The number of hydrogen-bond acceptors (Lipinski definition) is 2. The summed E-state index contributed by atoms with van der Waals surface area (Å²) in [4.78, 5) is 0. The van der Waals surface area contributed by atoms with E-state index in [2.05, 4.69) is 10.6 Å². The van der Waals surface area contributed by atoms with Crippen molar-refractivity contribution in [3.63, 3.8) is 0 Å². The Bertz CT molecular complexity index is 409. The Balaban J connectivity index is 2.01. The molecule has 1 fully saturated rings. The highest BCUT2D eigenvalue weighted by atomic mass is 35.5. The second-order valence-corrected chi connectivity index (χ2v) is 5.75. The van der Waals surface area contributed by atoms with Crippen LogP contribution in [0.5, 0.6) is 0 Å². The molecular formula is C14H20ClFN2. The minimum Gasteiger partial charge on any atom is -0.382 e. The van der Waals surface area contributed by atoms with Gasteiger partial charge < -0.3 is 10.6 Å². The van der Waals surface area contributed by atoms with Gasteiger partial charge in [-0.3, -0.25) is 0 Å². The Hall–Kier alpha value is -0.800. The molecule has 0 saturated carbocycles. The van der Waals surface area contributed by atoms with Crippen LogP contribution in [0.25, 0.3) is 0 Å². The third-order valence-electron chi connectivity index (χ3n) is 3.36. The normalized spacial score (nSPS) is 20.1. The fourth-order valence-electron chi connectivity index (χ4n) is 2.19. The van der Waals surface area contributed by atoms with Crippen LogP contribution in [0.15, 0.2) is 18.2 Å². The smallest absolute Gasteiger partial charge is 0.130 e. The molecule has 1 aliphatic heterocycles. The topological polar surface area (TPSA) is 24.1 Å². The predicted octanol–water partition coefficient (Wildman–Crippen LogP) is 3.71. The van der Waals surface area contributed by atoms with Crippen molar-refractivity contribution in [3.05, 3.63) is 28.8 Å². The van der Waals surface area contributed by atoms with Gasteiger partial charge in [0.15, 0.2) is 0 Å². The lowest BCUT2D eigenvalue weighted by molar-refractivity contribution is 0.221. The first-order valence-electron chi connectivity index (χ1n) is 6.43. The summed E-state index contributed by atoms with van der Waals surface area (Å²) < 4.78 is 13.8. The molecule has 2 rings (SSSR count). The van der Waals surface area contributed by atoms with Crippen molar-refractivity contribution in [2.45, 2.75) is 38.4 Å². The van der Waals surface area contributed by atoms with Crippen LogP contribution in [0.4, 0.5) is 10.1 Å². The van der Waals surface area contributed by atoms with E-state index in [4.69, 9.17) is 11.6 Å². The van der Waals surface area contributed by atoms with Crippen LogP contribution in [0.3, 0.4) is 0 Å². The van der Waals surface area contributed by atoms with Gasteiger partial charge in [-0.15, -0.1) is 0 Å². The largest absolute Gasteiger partial charge is 0.382 e. The summed E-state index contributed by atoms with van der Waals surface area (Å²) in [5.41, 5.74) is 0.130. The Morgan fingerprint density at radius 2 is 2.28 bits per heavy atom. The van der Waals surface area contributed by atoms with Gasteiger partial charge in [-0.05, 0) is 50.9 Å². The molecule has 1 heterocycles. The third kappa shape index (κ3) is 3.36. The first kappa shape index (κ1) is 13.6. The van der Waals surface area contributed by atoms with E-state index in [1.54, 1.807) is 12.1 Å². The van der Waals surface area contributed by atoms with Gasteiger partial charge in [0, 0.05) is 12.6 Å². The van der Waals surface area contributed by atoms with Crippen molar-refractivity contribution in [1.29, 1.82) is 0 Å². The van der Waals surface area contributed by atoms with Crippen molar-refractivity contribution in [2.75, 3.05) is 18.4 Å². The van der Waals surface area contributed by atoms with Crippen LogP contribution in [-0.4, -0.2) is 19.1 Å². The second kappa shape index (κ2) is 5.45. The first-order chi connectivity index (χ1) is 8.47. The van der Waals surface area contributed by atoms with Crippen molar-refractivity contribution in [1.82, 2.24) is 5.32 Å².